The van der Waals surface area contributed by atoms with Crippen LogP contribution >= 0.6 is 38.5 Å². The van der Waals surface area contributed by atoms with Crippen LogP contribution in [-0.4, -0.2) is 25.1 Å². The van der Waals surface area contributed by atoms with Crippen LogP contribution in [0.3, 0.4) is 0 Å². The van der Waals surface area contributed by atoms with E-state index in [1.54, 1.807) is 6.08 Å². The molecule has 1 heterocycles. The van der Waals surface area contributed by atoms with E-state index < -0.39 is 5.97 Å². The van der Waals surface area contributed by atoms with E-state index in [4.69, 9.17) is 14.2 Å². The number of rotatable bonds is 7. The number of halogens is 2. The molecule has 0 atom stereocenters. The van der Waals surface area contributed by atoms with Crippen LogP contribution in [0.4, 0.5) is 0 Å². The molecular formula is C21H19BrINO4. The molecule has 0 radical (unpaired) electrons. The van der Waals surface area contributed by atoms with E-state index in [1.165, 1.54) is 0 Å². The van der Waals surface area contributed by atoms with Crippen LogP contribution in [0, 0.1) is 3.57 Å². The zero-order valence-corrected chi connectivity index (χ0v) is 19.2. The fourth-order valence-electron chi connectivity index (χ4n) is 2.56. The molecule has 0 aliphatic carbocycles. The summed E-state index contributed by atoms with van der Waals surface area (Å²) in [6.45, 7) is 5.11. The summed E-state index contributed by atoms with van der Waals surface area (Å²) in [6, 6.07) is 11.2. The van der Waals surface area contributed by atoms with Gasteiger partial charge in [0.05, 0.1) is 16.8 Å². The summed E-state index contributed by atoms with van der Waals surface area (Å²) in [6.07, 6.45) is 2.61. The Kier molecular flexibility index (Phi) is 7.12. The molecule has 1 aliphatic heterocycles. The molecule has 0 spiro atoms. The van der Waals surface area contributed by atoms with Gasteiger partial charge in [-0.1, -0.05) is 22.9 Å². The number of hydrogen-bond acceptors (Lipinski definition) is 5. The summed E-state index contributed by atoms with van der Waals surface area (Å²) in [5.74, 6) is 1.20. The van der Waals surface area contributed by atoms with Crippen molar-refractivity contribution in [3.05, 3.63) is 61.3 Å². The second kappa shape index (κ2) is 9.56. The summed E-state index contributed by atoms with van der Waals surface area (Å²) >= 11 is 5.60. The summed E-state index contributed by atoms with van der Waals surface area (Å²) in [5, 5.41) is 0. The molecule has 0 saturated carbocycles. The molecule has 5 nitrogen and oxygen atoms in total. The molecule has 1 aliphatic rings. The first-order chi connectivity index (χ1) is 13.5. The number of nitrogens with zero attached hydrogens (tertiary/aromatic N) is 1. The van der Waals surface area contributed by atoms with Gasteiger partial charge < -0.3 is 14.2 Å². The van der Waals surface area contributed by atoms with Gasteiger partial charge in [0.25, 0.3) is 0 Å². The van der Waals surface area contributed by atoms with Crippen molar-refractivity contribution in [2.24, 2.45) is 4.99 Å². The average molecular weight is 556 g/mol. The van der Waals surface area contributed by atoms with Crippen molar-refractivity contribution in [2.75, 3.05) is 13.2 Å². The number of carbonyl (C=O) groups excluding carboxylic acids is 1. The fraction of sp³-hybridized carbons (Fsp3) is 0.238. The average Bonchev–Trinajstić information content (AvgIpc) is 3.02. The number of benzene rings is 2. The minimum Gasteiger partial charge on any atom is -0.490 e. The molecule has 0 saturated heterocycles. The minimum absolute atomic E-state index is 0.249. The summed E-state index contributed by atoms with van der Waals surface area (Å²) in [4.78, 5) is 16.6. The number of aliphatic imine (C=N–C) groups is 1. The van der Waals surface area contributed by atoms with Crippen molar-refractivity contribution in [1.29, 1.82) is 0 Å². The standard InChI is InChI=1S/C21H19BrINO4/c1-3-9-27-19-16(23)10-13(12-18(19)26-4-2)11-17-21(25)28-20(24-17)14-5-7-15(22)8-6-14/h5-8,10-12H,3-4,9H2,1-2H3/b17-11-. The third-order valence-electron chi connectivity index (χ3n) is 3.80. The van der Waals surface area contributed by atoms with Crippen LogP contribution in [0.25, 0.3) is 6.08 Å². The SMILES string of the molecule is CCCOc1c(I)cc(/C=C2\N=C(c3ccc(Br)cc3)OC2=O)cc1OCC. The third-order valence-corrected chi connectivity index (χ3v) is 5.13. The van der Waals surface area contributed by atoms with Gasteiger partial charge >= 0.3 is 5.97 Å². The highest BCUT2D eigenvalue weighted by atomic mass is 127. The molecule has 0 N–H and O–H groups in total. The normalized spacial score (nSPS) is 14.8. The van der Waals surface area contributed by atoms with Gasteiger partial charge in [0.15, 0.2) is 17.2 Å². The van der Waals surface area contributed by atoms with Gasteiger partial charge in [-0.2, -0.15) is 0 Å². The molecule has 0 unspecified atom stereocenters. The van der Waals surface area contributed by atoms with Crippen molar-refractivity contribution >= 4 is 56.5 Å². The molecule has 0 aromatic heterocycles. The first-order valence-corrected chi connectivity index (χ1v) is 10.8. The van der Waals surface area contributed by atoms with E-state index in [2.05, 4.69) is 50.4 Å². The lowest BCUT2D eigenvalue weighted by molar-refractivity contribution is -0.129. The van der Waals surface area contributed by atoms with E-state index in [-0.39, 0.29) is 5.70 Å². The predicted molar refractivity (Wildman–Crippen MR) is 121 cm³/mol. The van der Waals surface area contributed by atoms with Crippen LogP contribution < -0.4 is 9.47 Å². The Balaban J connectivity index is 1.93. The molecule has 146 valence electrons. The van der Waals surface area contributed by atoms with E-state index in [0.29, 0.717) is 24.9 Å². The number of hydrogen-bond donors (Lipinski definition) is 0. The van der Waals surface area contributed by atoms with Crippen molar-refractivity contribution in [1.82, 2.24) is 0 Å². The molecule has 2 aromatic carbocycles. The molecule has 28 heavy (non-hydrogen) atoms. The highest BCUT2D eigenvalue weighted by molar-refractivity contribution is 14.1. The summed E-state index contributed by atoms with van der Waals surface area (Å²) in [7, 11) is 0. The number of esters is 1. The van der Waals surface area contributed by atoms with Crippen molar-refractivity contribution in [2.45, 2.75) is 20.3 Å². The fourth-order valence-corrected chi connectivity index (χ4v) is 3.61. The quantitative estimate of drug-likeness (QED) is 0.254. The molecule has 7 heteroatoms. The Bertz CT molecular complexity index is 938. The lowest BCUT2D eigenvalue weighted by atomic mass is 10.1. The Morgan fingerprint density at radius 3 is 2.61 bits per heavy atom. The molecular weight excluding hydrogens is 537 g/mol. The van der Waals surface area contributed by atoms with Gasteiger partial charge in [0.1, 0.15) is 0 Å². The zero-order valence-electron chi connectivity index (χ0n) is 15.5. The lowest BCUT2D eigenvalue weighted by Crippen LogP contribution is -2.05. The third kappa shape index (κ3) is 4.94. The monoisotopic (exact) mass is 555 g/mol. The maximum Gasteiger partial charge on any atom is 0.363 e. The number of ether oxygens (including phenoxy) is 3. The first kappa shape index (κ1) is 20.9. The van der Waals surface area contributed by atoms with Crippen LogP contribution in [0.1, 0.15) is 31.4 Å². The smallest absolute Gasteiger partial charge is 0.363 e. The van der Waals surface area contributed by atoms with Crippen molar-refractivity contribution < 1.29 is 19.0 Å². The van der Waals surface area contributed by atoms with Crippen LogP contribution in [0.2, 0.25) is 0 Å². The van der Waals surface area contributed by atoms with Gasteiger partial charge in [-0.15, -0.1) is 0 Å². The Morgan fingerprint density at radius 2 is 1.93 bits per heavy atom. The minimum atomic E-state index is -0.475. The van der Waals surface area contributed by atoms with Gasteiger partial charge in [-0.05, 0) is 84.0 Å². The Labute approximate surface area is 186 Å². The van der Waals surface area contributed by atoms with Gasteiger partial charge in [0, 0.05) is 10.0 Å². The largest absolute Gasteiger partial charge is 0.490 e. The maximum absolute atomic E-state index is 12.3. The topological polar surface area (TPSA) is 57.1 Å². The highest BCUT2D eigenvalue weighted by Gasteiger charge is 2.24. The second-order valence-corrected chi connectivity index (χ2v) is 8.03. The molecule has 2 aromatic rings. The number of carbonyl (C=O) groups is 1. The van der Waals surface area contributed by atoms with Gasteiger partial charge in [-0.25, -0.2) is 9.79 Å². The maximum atomic E-state index is 12.3. The Morgan fingerprint density at radius 1 is 1.18 bits per heavy atom. The summed E-state index contributed by atoms with van der Waals surface area (Å²) < 4.78 is 18.7. The second-order valence-electron chi connectivity index (χ2n) is 5.95. The highest BCUT2D eigenvalue weighted by Crippen LogP contribution is 2.35. The molecule has 3 rings (SSSR count). The first-order valence-electron chi connectivity index (χ1n) is 8.89. The van der Waals surface area contributed by atoms with Crippen LogP contribution in [0.5, 0.6) is 11.5 Å². The van der Waals surface area contributed by atoms with Crippen LogP contribution in [0.15, 0.2) is 51.6 Å². The zero-order chi connectivity index (χ0) is 20.1. The molecule has 0 bridgehead atoms. The predicted octanol–water partition coefficient (Wildman–Crippen LogP) is 5.59. The van der Waals surface area contributed by atoms with Crippen LogP contribution in [-0.2, 0) is 9.53 Å². The van der Waals surface area contributed by atoms with Crippen molar-refractivity contribution in [3.8, 4) is 11.5 Å². The van der Waals surface area contributed by atoms with Gasteiger partial charge in [0.2, 0.25) is 5.90 Å². The van der Waals surface area contributed by atoms with E-state index >= 15 is 0 Å². The number of cyclic esters (lactones) is 1. The summed E-state index contributed by atoms with van der Waals surface area (Å²) in [5.41, 5.74) is 1.79. The van der Waals surface area contributed by atoms with E-state index in [0.717, 1.165) is 31.3 Å². The van der Waals surface area contributed by atoms with E-state index in [9.17, 15) is 4.79 Å². The van der Waals surface area contributed by atoms with Crippen molar-refractivity contribution in [3.63, 3.8) is 0 Å². The molecule has 0 fully saturated rings. The van der Waals surface area contributed by atoms with E-state index in [1.807, 2.05) is 43.3 Å². The Hall–Kier alpha value is -1.87. The molecule has 0 amide bonds. The lowest BCUT2D eigenvalue weighted by Gasteiger charge is -2.14. The van der Waals surface area contributed by atoms with Gasteiger partial charge in [-0.3, -0.25) is 0 Å².